The summed E-state index contributed by atoms with van der Waals surface area (Å²) in [6.45, 7) is 1.97. The van der Waals surface area contributed by atoms with E-state index < -0.39 is 0 Å². The van der Waals surface area contributed by atoms with Crippen molar-refractivity contribution in [1.29, 1.82) is 0 Å². The van der Waals surface area contributed by atoms with Crippen molar-refractivity contribution in [2.24, 2.45) is 0 Å². The topological polar surface area (TPSA) is 54.5 Å². The van der Waals surface area contributed by atoms with Crippen LogP contribution in [0.4, 0.5) is 5.13 Å². The fraction of sp³-hybridized carbons (Fsp3) is 0.600. The van der Waals surface area contributed by atoms with Gasteiger partial charge in [-0.2, -0.15) is 0 Å². The van der Waals surface area contributed by atoms with Gasteiger partial charge in [0, 0.05) is 33.7 Å². The molecule has 2 heterocycles. The van der Waals surface area contributed by atoms with Gasteiger partial charge in [0.15, 0.2) is 5.13 Å². The van der Waals surface area contributed by atoms with Gasteiger partial charge in [-0.05, 0) is 0 Å². The molecule has 0 aromatic carbocycles. The molecule has 16 heavy (non-hydrogen) atoms. The maximum Gasteiger partial charge on any atom is 0.266 e. The Morgan fingerprint density at radius 3 is 3.12 bits per heavy atom. The van der Waals surface area contributed by atoms with Gasteiger partial charge in [0.2, 0.25) is 0 Å². The number of thiazole rings is 1. The Bertz CT molecular complexity index is 391. The second kappa shape index (κ2) is 4.80. The molecule has 0 spiro atoms. The molecule has 88 valence electrons. The van der Waals surface area contributed by atoms with Crippen LogP contribution >= 0.6 is 11.3 Å². The Hall–Kier alpha value is -1.14. The molecular weight excluding hydrogens is 226 g/mol. The maximum absolute atomic E-state index is 12.1. The number of ether oxygens (including phenoxy) is 1. The van der Waals surface area contributed by atoms with Crippen molar-refractivity contribution in [2.75, 3.05) is 39.2 Å². The van der Waals surface area contributed by atoms with Crippen LogP contribution in [0, 0.1) is 0 Å². The molecule has 1 aliphatic rings. The van der Waals surface area contributed by atoms with E-state index in [1.54, 1.807) is 7.11 Å². The minimum atomic E-state index is 0.0808. The summed E-state index contributed by atoms with van der Waals surface area (Å²) >= 11 is 1.43. The molecule has 5 nitrogen and oxygen atoms in total. The van der Waals surface area contributed by atoms with Crippen molar-refractivity contribution in [3.05, 3.63) is 10.6 Å². The molecule has 0 radical (unpaired) electrons. The summed E-state index contributed by atoms with van der Waals surface area (Å²) in [5, 5.41) is 3.79. The summed E-state index contributed by atoms with van der Waals surface area (Å²) in [6.07, 6.45) is 0.836. The summed E-state index contributed by atoms with van der Waals surface area (Å²) in [5.74, 6) is 0.0808. The minimum absolute atomic E-state index is 0.0808. The molecular formula is C10H15N3O2S. The summed E-state index contributed by atoms with van der Waals surface area (Å²) in [5.41, 5.74) is 0.924. The first kappa shape index (κ1) is 11.3. The number of fused-ring (bicyclic) bond motifs is 1. The Labute approximate surface area is 98.4 Å². The zero-order valence-electron chi connectivity index (χ0n) is 9.45. The highest BCUT2D eigenvalue weighted by Gasteiger charge is 2.27. The lowest BCUT2D eigenvalue weighted by atomic mass is 10.2. The third-order valence-corrected chi connectivity index (χ3v) is 3.68. The molecule has 0 bridgehead atoms. The van der Waals surface area contributed by atoms with E-state index in [-0.39, 0.29) is 5.91 Å². The molecule has 0 atom stereocenters. The van der Waals surface area contributed by atoms with Gasteiger partial charge in [0.1, 0.15) is 4.88 Å². The second-order valence-electron chi connectivity index (χ2n) is 3.58. The number of carbonyl (C=O) groups is 1. The van der Waals surface area contributed by atoms with Crippen molar-refractivity contribution in [3.63, 3.8) is 0 Å². The van der Waals surface area contributed by atoms with Gasteiger partial charge < -0.3 is 15.0 Å². The smallest absolute Gasteiger partial charge is 0.266 e. The van der Waals surface area contributed by atoms with Crippen molar-refractivity contribution in [2.45, 2.75) is 6.42 Å². The van der Waals surface area contributed by atoms with Gasteiger partial charge in [-0.1, -0.05) is 11.3 Å². The molecule has 0 saturated heterocycles. The van der Waals surface area contributed by atoms with Crippen LogP contribution in [0.3, 0.4) is 0 Å². The monoisotopic (exact) mass is 241 g/mol. The number of methoxy groups -OCH3 is 1. The van der Waals surface area contributed by atoms with Crippen LogP contribution in [-0.4, -0.2) is 49.6 Å². The number of amides is 1. The van der Waals surface area contributed by atoms with E-state index in [0.29, 0.717) is 13.2 Å². The Balaban J connectivity index is 2.14. The van der Waals surface area contributed by atoms with Gasteiger partial charge >= 0.3 is 0 Å². The molecule has 0 unspecified atom stereocenters. The third kappa shape index (κ3) is 2.03. The van der Waals surface area contributed by atoms with Crippen LogP contribution in [0.1, 0.15) is 15.4 Å². The van der Waals surface area contributed by atoms with E-state index in [9.17, 15) is 4.79 Å². The molecule has 0 aliphatic carbocycles. The number of nitrogens with zero attached hydrogens (tertiary/aromatic N) is 2. The summed E-state index contributed by atoms with van der Waals surface area (Å²) < 4.78 is 4.99. The first-order chi connectivity index (χ1) is 7.76. The number of aromatic nitrogens is 1. The molecule has 6 heteroatoms. The first-order valence-electron chi connectivity index (χ1n) is 5.22. The SMILES string of the molecule is CNc1nc2c(s1)C(=O)N(CCOC)CC2. The average molecular weight is 241 g/mol. The van der Waals surface area contributed by atoms with Crippen LogP contribution in [0.25, 0.3) is 0 Å². The van der Waals surface area contributed by atoms with Gasteiger partial charge in [0.25, 0.3) is 5.91 Å². The highest BCUT2D eigenvalue weighted by Crippen LogP contribution is 2.27. The van der Waals surface area contributed by atoms with Crippen LogP contribution in [0.2, 0.25) is 0 Å². The van der Waals surface area contributed by atoms with E-state index in [4.69, 9.17) is 4.74 Å². The van der Waals surface area contributed by atoms with Crippen molar-refractivity contribution in [3.8, 4) is 0 Å². The van der Waals surface area contributed by atoms with Crippen molar-refractivity contribution < 1.29 is 9.53 Å². The molecule has 1 aromatic rings. The van der Waals surface area contributed by atoms with Crippen LogP contribution in [0.5, 0.6) is 0 Å². The predicted octanol–water partition coefficient (Wildman–Crippen LogP) is 0.829. The maximum atomic E-state index is 12.1. The predicted molar refractivity (Wildman–Crippen MR) is 63.1 cm³/mol. The van der Waals surface area contributed by atoms with E-state index >= 15 is 0 Å². The lowest BCUT2D eigenvalue weighted by molar-refractivity contribution is 0.0683. The van der Waals surface area contributed by atoms with Gasteiger partial charge in [0.05, 0.1) is 12.3 Å². The molecule has 1 aliphatic heterocycles. The molecule has 1 aromatic heterocycles. The fourth-order valence-electron chi connectivity index (χ4n) is 1.70. The average Bonchev–Trinajstić information content (AvgIpc) is 2.72. The molecule has 2 rings (SSSR count). The van der Waals surface area contributed by atoms with E-state index in [2.05, 4.69) is 10.3 Å². The lowest BCUT2D eigenvalue weighted by Crippen LogP contribution is -2.38. The first-order valence-corrected chi connectivity index (χ1v) is 6.03. The van der Waals surface area contributed by atoms with Crippen LogP contribution in [0.15, 0.2) is 0 Å². The number of anilines is 1. The quantitative estimate of drug-likeness (QED) is 0.848. The lowest BCUT2D eigenvalue weighted by Gasteiger charge is -2.25. The number of hydrogen-bond acceptors (Lipinski definition) is 5. The Morgan fingerprint density at radius 1 is 1.62 bits per heavy atom. The number of hydrogen-bond donors (Lipinski definition) is 1. The Morgan fingerprint density at radius 2 is 2.44 bits per heavy atom. The highest BCUT2D eigenvalue weighted by atomic mass is 32.1. The van der Waals surface area contributed by atoms with Crippen molar-refractivity contribution in [1.82, 2.24) is 9.88 Å². The van der Waals surface area contributed by atoms with E-state index in [0.717, 1.165) is 28.7 Å². The highest BCUT2D eigenvalue weighted by molar-refractivity contribution is 7.17. The van der Waals surface area contributed by atoms with Crippen LogP contribution in [-0.2, 0) is 11.2 Å². The zero-order valence-corrected chi connectivity index (χ0v) is 10.3. The van der Waals surface area contributed by atoms with Gasteiger partial charge in [-0.3, -0.25) is 4.79 Å². The van der Waals surface area contributed by atoms with Gasteiger partial charge in [-0.25, -0.2) is 4.98 Å². The zero-order chi connectivity index (χ0) is 11.5. The molecule has 1 N–H and O–H groups in total. The third-order valence-electron chi connectivity index (χ3n) is 2.58. The molecule has 1 amide bonds. The number of rotatable bonds is 4. The van der Waals surface area contributed by atoms with Crippen LogP contribution < -0.4 is 5.32 Å². The standard InChI is InChI=1S/C10H15N3O2S/c1-11-10-12-7-3-4-13(5-6-15-2)9(14)8(7)16-10/h3-6H2,1-2H3,(H,11,12). The number of carbonyl (C=O) groups excluding carboxylic acids is 1. The minimum Gasteiger partial charge on any atom is -0.383 e. The van der Waals surface area contributed by atoms with Crippen molar-refractivity contribution >= 4 is 22.4 Å². The summed E-state index contributed by atoms with van der Waals surface area (Å²) in [6, 6.07) is 0. The normalized spacial score (nSPS) is 15.1. The van der Waals surface area contributed by atoms with E-state index in [1.165, 1.54) is 11.3 Å². The molecule has 0 saturated carbocycles. The second-order valence-corrected chi connectivity index (χ2v) is 4.58. The van der Waals surface area contributed by atoms with E-state index in [1.807, 2.05) is 11.9 Å². The number of nitrogens with one attached hydrogen (secondary N) is 1. The molecule has 0 fully saturated rings. The fourth-order valence-corrected chi connectivity index (χ4v) is 2.63. The van der Waals surface area contributed by atoms with Gasteiger partial charge in [-0.15, -0.1) is 0 Å². The largest absolute Gasteiger partial charge is 0.383 e. The Kier molecular flexibility index (Phi) is 3.40. The summed E-state index contributed by atoms with van der Waals surface area (Å²) in [7, 11) is 3.46. The summed E-state index contributed by atoms with van der Waals surface area (Å²) in [4.78, 5) is 19.0.